The normalized spacial score (nSPS) is 16.7. The van der Waals surface area contributed by atoms with E-state index < -0.39 is 34.6 Å². The average molecular weight is 754 g/mol. The van der Waals surface area contributed by atoms with Crippen LogP contribution in [0.5, 0.6) is 0 Å². The Balaban J connectivity index is 1.01. The van der Waals surface area contributed by atoms with E-state index in [9.17, 15) is 29.4 Å². The van der Waals surface area contributed by atoms with Crippen molar-refractivity contribution in [3.63, 3.8) is 0 Å². The van der Waals surface area contributed by atoms with E-state index in [1.807, 2.05) is 19.1 Å². The Labute approximate surface area is 327 Å². The van der Waals surface area contributed by atoms with E-state index in [1.54, 1.807) is 6.08 Å². The van der Waals surface area contributed by atoms with E-state index in [0.717, 1.165) is 57.8 Å². The molecule has 56 heavy (non-hydrogen) atoms. The predicted octanol–water partition coefficient (Wildman–Crippen LogP) is 11.0. The fourth-order valence-corrected chi connectivity index (χ4v) is 9.69. The lowest BCUT2D eigenvalue weighted by Crippen LogP contribution is -2.26. The fraction of sp³-hybridized carbons (Fsp3) is 0.125. The largest absolute Gasteiger partial charge is 0.478 e. The van der Waals surface area contributed by atoms with Crippen LogP contribution < -0.4 is 4.90 Å². The molecule has 5 aromatic carbocycles. The number of hydrogen-bond acceptors (Lipinski definition) is 6. The number of Topliss-reactive ketones (excluding diaryl/α,β-unsaturated/α-hetero) is 2. The van der Waals surface area contributed by atoms with Crippen molar-refractivity contribution in [3.05, 3.63) is 182 Å². The van der Waals surface area contributed by atoms with E-state index in [0.29, 0.717) is 12.0 Å². The summed E-state index contributed by atoms with van der Waals surface area (Å²) in [5.74, 6) is -3.77. The number of carbonyl (C=O) groups is 4. The highest BCUT2D eigenvalue weighted by Crippen LogP contribution is 2.53. The number of ketones is 2. The van der Waals surface area contributed by atoms with Gasteiger partial charge in [0.2, 0.25) is 0 Å². The SMILES string of the molecule is Cc1cc(-c2ccc3c(c2)C2CCCC2N3c2ccc(C=C(c3ccccc3)c3ccccc3)cc2)sc1C=C1C(=O)c2cc(C(=O)O)c(C(=O)O)cc2C1=O. The van der Waals surface area contributed by atoms with Gasteiger partial charge in [0.05, 0.1) is 16.7 Å². The van der Waals surface area contributed by atoms with Gasteiger partial charge in [0.1, 0.15) is 0 Å². The summed E-state index contributed by atoms with van der Waals surface area (Å²) >= 11 is 1.48. The zero-order valence-corrected chi connectivity index (χ0v) is 31.2. The molecule has 1 fully saturated rings. The lowest BCUT2D eigenvalue weighted by molar-refractivity contribution is 0.0651. The van der Waals surface area contributed by atoms with Crippen molar-refractivity contribution >= 4 is 63.9 Å². The zero-order valence-electron chi connectivity index (χ0n) is 30.4. The summed E-state index contributed by atoms with van der Waals surface area (Å²) in [6.45, 7) is 1.93. The molecular weight excluding hydrogens is 719 g/mol. The summed E-state index contributed by atoms with van der Waals surface area (Å²) in [7, 11) is 0. The number of carboxylic acid groups (broad SMARTS) is 2. The molecule has 0 radical (unpaired) electrons. The van der Waals surface area contributed by atoms with Crippen LogP contribution in [-0.4, -0.2) is 39.8 Å². The van der Waals surface area contributed by atoms with E-state index in [2.05, 4.69) is 108 Å². The van der Waals surface area contributed by atoms with Crippen molar-refractivity contribution in [2.45, 2.75) is 38.1 Å². The number of carbonyl (C=O) groups excluding carboxylic acids is 2. The van der Waals surface area contributed by atoms with Crippen LogP contribution in [0.2, 0.25) is 0 Å². The summed E-state index contributed by atoms with van der Waals surface area (Å²) in [6.07, 6.45) is 7.21. The molecule has 0 amide bonds. The molecule has 2 aliphatic carbocycles. The minimum Gasteiger partial charge on any atom is -0.478 e. The molecule has 3 aliphatic rings. The number of aromatic carboxylic acids is 2. The van der Waals surface area contributed by atoms with Crippen molar-refractivity contribution in [1.29, 1.82) is 0 Å². The predicted molar refractivity (Wildman–Crippen MR) is 220 cm³/mol. The molecule has 0 bridgehead atoms. The Morgan fingerprint density at radius 3 is 1.93 bits per heavy atom. The number of fused-ring (bicyclic) bond motifs is 4. The van der Waals surface area contributed by atoms with Crippen LogP contribution in [0.4, 0.5) is 11.4 Å². The summed E-state index contributed by atoms with van der Waals surface area (Å²) < 4.78 is 0. The lowest BCUT2D eigenvalue weighted by Gasteiger charge is -2.27. The highest BCUT2D eigenvalue weighted by molar-refractivity contribution is 7.16. The maximum absolute atomic E-state index is 13.4. The lowest BCUT2D eigenvalue weighted by atomic mass is 9.95. The third kappa shape index (κ3) is 5.99. The second kappa shape index (κ2) is 13.9. The summed E-state index contributed by atoms with van der Waals surface area (Å²) in [6, 6.07) is 40.9. The highest BCUT2D eigenvalue weighted by atomic mass is 32.1. The van der Waals surface area contributed by atoms with E-state index in [4.69, 9.17) is 0 Å². The molecule has 1 aromatic heterocycles. The minimum atomic E-state index is -1.48. The molecule has 6 aromatic rings. The van der Waals surface area contributed by atoms with Gasteiger partial charge in [0.25, 0.3) is 0 Å². The Morgan fingerprint density at radius 2 is 1.34 bits per heavy atom. The quantitative estimate of drug-likeness (QED) is 0.0904. The van der Waals surface area contributed by atoms with Gasteiger partial charge in [-0.15, -0.1) is 11.3 Å². The van der Waals surface area contributed by atoms with Crippen LogP contribution >= 0.6 is 11.3 Å². The maximum Gasteiger partial charge on any atom is 0.336 e. The molecular formula is C48H35NO6S. The molecule has 0 spiro atoms. The Morgan fingerprint density at radius 1 is 0.732 bits per heavy atom. The molecule has 9 rings (SSSR count). The topological polar surface area (TPSA) is 112 Å². The molecule has 1 saturated carbocycles. The number of benzene rings is 5. The third-order valence-electron chi connectivity index (χ3n) is 11.3. The molecule has 8 heteroatoms. The Bertz CT molecular complexity index is 2580. The number of allylic oxidation sites excluding steroid dienone is 1. The molecule has 0 saturated heterocycles. The molecule has 7 nitrogen and oxygen atoms in total. The fourth-order valence-electron chi connectivity index (χ4n) is 8.58. The maximum atomic E-state index is 13.4. The van der Waals surface area contributed by atoms with Gasteiger partial charge in [0.15, 0.2) is 11.6 Å². The van der Waals surface area contributed by atoms with Crippen LogP contribution in [0.25, 0.3) is 28.2 Å². The smallest absolute Gasteiger partial charge is 0.336 e. The van der Waals surface area contributed by atoms with Gasteiger partial charge in [-0.3, -0.25) is 9.59 Å². The first-order chi connectivity index (χ1) is 27.2. The molecule has 274 valence electrons. The van der Waals surface area contributed by atoms with Crippen molar-refractivity contribution < 1.29 is 29.4 Å². The summed E-state index contributed by atoms with van der Waals surface area (Å²) in [4.78, 5) is 54.5. The second-order valence-electron chi connectivity index (χ2n) is 14.6. The van der Waals surface area contributed by atoms with Crippen LogP contribution in [0, 0.1) is 6.92 Å². The summed E-state index contributed by atoms with van der Waals surface area (Å²) in [5.41, 5.74) is 8.97. The van der Waals surface area contributed by atoms with Crippen LogP contribution in [0.15, 0.2) is 127 Å². The average Bonchev–Trinajstić information content (AvgIpc) is 3.97. The van der Waals surface area contributed by atoms with Crippen LogP contribution in [-0.2, 0) is 0 Å². The number of nitrogens with zero attached hydrogens (tertiary/aromatic N) is 1. The first-order valence-electron chi connectivity index (χ1n) is 18.6. The third-order valence-corrected chi connectivity index (χ3v) is 12.5. The first-order valence-corrected chi connectivity index (χ1v) is 19.4. The van der Waals surface area contributed by atoms with Crippen LogP contribution in [0.1, 0.15) is 99.3 Å². The number of rotatable bonds is 8. The van der Waals surface area contributed by atoms with E-state index >= 15 is 0 Å². The van der Waals surface area contributed by atoms with Crippen molar-refractivity contribution in [3.8, 4) is 10.4 Å². The summed E-state index contributed by atoms with van der Waals surface area (Å²) in [5, 5.41) is 19.1. The molecule has 2 unspecified atom stereocenters. The highest BCUT2D eigenvalue weighted by Gasteiger charge is 2.42. The van der Waals surface area contributed by atoms with Crippen molar-refractivity contribution in [2.24, 2.45) is 0 Å². The van der Waals surface area contributed by atoms with E-state index in [1.165, 1.54) is 45.0 Å². The van der Waals surface area contributed by atoms with Crippen molar-refractivity contribution in [1.82, 2.24) is 0 Å². The number of carboxylic acids is 2. The minimum absolute atomic E-state index is 0.0948. The van der Waals surface area contributed by atoms with Gasteiger partial charge in [-0.25, -0.2) is 9.59 Å². The molecule has 2 atom stereocenters. The first kappa shape index (κ1) is 35.1. The van der Waals surface area contributed by atoms with Gasteiger partial charge in [-0.05, 0) is 113 Å². The van der Waals surface area contributed by atoms with Gasteiger partial charge in [0, 0.05) is 44.2 Å². The molecule has 2 N–H and O–H groups in total. The second-order valence-corrected chi connectivity index (χ2v) is 15.6. The Kier molecular flexibility index (Phi) is 8.70. The number of anilines is 2. The van der Waals surface area contributed by atoms with Gasteiger partial charge < -0.3 is 15.1 Å². The molecule has 1 aliphatic heterocycles. The number of hydrogen-bond donors (Lipinski definition) is 2. The van der Waals surface area contributed by atoms with E-state index in [-0.39, 0.29) is 16.7 Å². The molecule has 2 heterocycles. The zero-order chi connectivity index (χ0) is 38.7. The number of aryl methyl sites for hydroxylation is 1. The standard InChI is InChI=1S/C48H35NO6S/c1-27-21-44(56-43(27)26-40-45(50)36-24-38(47(52)53)39(48(54)55)25-37(36)46(40)51)31-17-20-42-35(23-31)33-13-8-14-41(33)49(42)32-18-15-28(16-19-32)22-34(29-9-4-2-5-10-29)30-11-6-3-7-12-30/h2-7,9-12,15-26,33,41H,8,13-14H2,1H3,(H,52,53)(H,54,55). The van der Waals surface area contributed by atoms with Gasteiger partial charge in [-0.2, -0.15) is 0 Å². The Hall–Kier alpha value is -6.64. The monoisotopic (exact) mass is 753 g/mol. The van der Waals surface area contributed by atoms with Crippen molar-refractivity contribution in [2.75, 3.05) is 4.90 Å². The van der Waals surface area contributed by atoms with Gasteiger partial charge >= 0.3 is 11.9 Å². The van der Waals surface area contributed by atoms with Crippen LogP contribution in [0.3, 0.4) is 0 Å². The number of thiophene rings is 1. The van der Waals surface area contributed by atoms with Gasteiger partial charge in [-0.1, -0.05) is 85.3 Å².